The minimum Gasteiger partial charge on any atom is -0.353 e. The van der Waals surface area contributed by atoms with Crippen LogP contribution in [0.3, 0.4) is 0 Å². The van der Waals surface area contributed by atoms with Crippen LogP contribution in [0.2, 0.25) is 5.02 Å². The summed E-state index contributed by atoms with van der Waals surface area (Å²) in [5.41, 5.74) is 1.44. The average molecular weight is 374 g/mol. The van der Waals surface area contributed by atoms with Crippen LogP contribution in [0.1, 0.15) is 17.3 Å². The quantitative estimate of drug-likeness (QED) is 0.783. The van der Waals surface area contributed by atoms with Crippen molar-refractivity contribution in [3.05, 3.63) is 52.8 Å². The zero-order chi connectivity index (χ0) is 19.3. The molecule has 1 atom stereocenters. The molecule has 26 heavy (non-hydrogen) atoms. The van der Waals surface area contributed by atoms with Gasteiger partial charge < -0.3 is 15.2 Å². The van der Waals surface area contributed by atoms with Crippen LogP contribution in [0.15, 0.2) is 36.5 Å². The molecule has 0 radical (unpaired) electrons. The van der Waals surface area contributed by atoms with Crippen LogP contribution in [0.5, 0.6) is 0 Å². The van der Waals surface area contributed by atoms with E-state index in [1.165, 1.54) is 18.2 Å². The van der Waals surface area contributed by atoms with Crippen LogP contribution in [0, 0.1) is 11.3 Å². The molecule has 2 amide bonds. The van der Waals surface area contributed by atoms with Crippen molar-refractivity contribution in [1.29, 1.82) is 5.26 Å². The molecule has 0 aliphatic carbocycles. The van der Waals surface area contributed by atoms with Gasteiger partial charge in [-0.15, -0.1) is 0 Å². The lowest BCUT2D eigenvalue weighted by Crippen LogP contribution is -2.40. The number of nitrogens with one attached hydrogen (secondary N) is 2. The van der Waals surface area contributed by atoms with Crippen LogP contribution < -0.4 is 10.6 Å². The van der Waals surface area contributed by atoms with Gasteiger partial charge >= 0.3 is 11.8 Å². The number of nitriles is 1. The Balaban J connectivity index is 2.03. The fraction of sp³-hybridized carbons (Fsp3) is 0.278. The number of carbonyl (C=O) groups excluding carboxylic acids is 2. The lowest BCUT2D eigenvalue weighted by molar-refractivity contribution is -0.136. The SMILES string of the molecule is CN(C)C(CNC(=O)C(=O)Nc1cc(Cl)ccc1C#N)c1cccn1C. The molecule has 2 N–H and O–H groups in total. The summed E-state index contributed by atoms with van der Waals surface area (Å²) in [6.45, 7) is 0.262. The summed E-state index contributed by atoms with van der Waals surface area (Å²) in [5, 5.41) is 14.5. The van der Waals surface area contributed by atoms with E-state index in [0.29, 0.717) is 5.02 Å². The Bertz CT molecular complexity index is 854. The van der Waals surface area contributed by atoms with E-state index in [0.717, 1.165) is 5.69 Å². The van der Waals surface area contributed by atoms with Crippen molar-refractivity contribution < 1.29 is 9.59 Å². The number of aromatic nitrogens is 1. The third-order valence-electron chi connectivity index (χ3n) is 3.96. The number of hydrogen-bond donors (Lipinski definition) is 2. The summed E-state index contributed by atoms with van der Waals surface area (Å²) in [6, 6.07) is 10.2. The number of rotatable bonds is 5. The standard InChI is InChI=1S/C18H20ClN5O2/c1-23(2)16(15-5-4-8-24(15)3)11-21-17(25)18(26)22-14-9-13(19)7-6-12(14)10-20/h4-9,16H,11H2,1-3H3,(H,21,25)(H,22,26). The molecule has 8 heteroatoms. The second-order valence-corrected chi connectivity index (χ2v) is 6.43. The topological polar surface area (TPSA) is 90.2 Å². The van der Waals surface area contributed by atoms with Gasteiger partial charge in [-0.2, -0.15) is 5.26 Å². The van der Waals surface area contributed by atoms with Crippen molar-refractivity contribution in [2.75, 3.05) is 26.0 Å². The molecule has 1 heterocycles. The van der Waals surface area contributed by atoms with Gasteiger partial charge in [-0.3, -0.25) is 14.5 Å². The number of aryl methyl sites for hydroxylation is 1. The highest BCUT2D eigenvalue weighted by Crippen LogP contribution is 2.20. The lowest BCUT2D eigenvalue weighted by atomic mass is 10.2. The van der Waals surface area contributed by atoms with Gasteiger partial charge in [0, 0.05) is 30.5 Å². The smallest absolute Gasteiger partial charge is 0.313 e. The molecule has 7 nitrogen and oxygen atoms in total. The Morgan fingerprint density at radius 1 is 1.31 bits per heavy atom. The van der Waals surface area contributed by atoms with E-state index >= 15 is 0 Å². The van der Waals surface area contributed by atoms with Gasteiger partial charge in [0.25, 0.3) is 0 Å². The van der Waals surface area contributed by atoms with Gasteiger partial charge in [0.05, 0.1) is 17.3 Å². The molecule has 0 bridgehead atoms. The van der Waals surface area contributed by atoms with Crippen LogP contribution in [-0.2, 0) is 16.6 Å². The van der Waals surface area contributed by atoms with E-state index in [1.807, 2.05) is 55.0 Å². The summed E-state index contributed by atoms with van der Waals surface area (Å²) in [7, 11) is 5.72. The minimum absolute atomic E-state index is 0.0902. The van der Waals surface area contributed by atoms with Crippen molar-refractivity contribution in [2.45, 2.75) is 6.04 Å². The zero-order valence-corrected chi connectivity index (χ0v) is 15.5. The molecule has 0 aliphatic heterocycles. The Labute approximate surface area is 157 Å². The van der Waals surface area contributed by atoms with E-state index in [-0.39, 0.29) is 23.8 Å². The zero-order valence-electron chi connectivity index (χ0n) is 14.8. The number of carbonyl (C=O) groups is 2. The molecule has 2 rings (SSSR count). The Kier molecular flexibility index (Phi) is 6.39. The highest BCUT2D eigenvalue weighted by Gasteiger charge is 2.21. The Morgan fingerprint density at radius 2 is 2.04 bits per heavy atom. The van der Waals surface area contributed by atoms with Crippen molar-refractivity contribution in [1.82, 2.24) is 14.8 Å². The number of halogens is 1. The molecule has 0 saturated carbocycles. The number of likely N-dealkylation sites (N-methyl/N-ethyl adjacent to an activating group) is 1. The maximum Gasteiger partial charge on any atom is 0.313 e. The minimum atomic E-state index is -0.854. The summed E-state index contributed by atoms with van der Waals surface area (Å²) < 4.78 is 1.96. The van der Waals surface area contributed by atoms with Gasteiger partial charge in [-0.1, -0.05) is 11.6 Å². The fourth-order valence-corrected chi connectivity index (χ4v) is 2.71. The predicted molar refractivity (Wildman–Crippen MR) is 99.6 cm³/mol. The van der Waals surface area contributed by atoms with Crippen molar-refractivity contribution in [3.8, 4) is 6.07 Å². The lowest BCUT2D eigenvalue weighted by Gasteiger charge is -2.25. The molecule has 1 aromatic carbocycles. The number of nitrogens with zero attached hydrogens (tertiary/aromatic N) is 3. The first-order valence-corrected chi connectivity index (χ1v) is 8.27. The Morgan fingerprint density at radius 3 is 2.62 bits per heavy atom. The summed E-state index contributed by atoms with van der Waals surface area (Å²) in [6.07, 6.45) is 1.92. The molecule has 1 unspecified atom stereocenters. The second kappa shape index (κ2) is 8.52. The van der Waals surface area contributed by atoms with Crippen LogP contribution in [0.4, 0.5) is 5.69 Å². The first-order chi connectivity index (χ1) is 12.3. The van der Waals surface area contributed by atoms with Gasteiger partial charge in [0.1, 0.15) is 6.07 Å². The molecule has 1 aromatic heterocycles. The average Bonchev–Trinajstić information content (AvgIpc) is 3.00. The Hall–Kier alpha value is -2.82. The third-order valence-corrected chi connectivity index (χ3v) is 4.20. The van der Waals surface area contributed by atoms with E-state index in [4.69, 9.17) is 16.9 Å². The highest BCUT2D eigenvalue weighted by molar-refractivity contribution is 6.40. The number of amides is 2. The van der Waals surface area contributed by atoms with E-state index in [2.05, 4.69) is 10.6 Å². The highest BCUT2D eigenvalue weighted by atomic mass is 35.5. The van der Waals surface area contributed by atoms with Gasteiger partial charge in [-0.05, 0) is 44.4 Å². The van der Waals surface area contributed by atoms with Crippen molar-refractivity contribution in [3.63, 3.8) is 0 Å². The normalized spacial score (nSPS) is 11.7. The third kappa shape index (κ3) is 4.63. The monoisotopic (exact) mass is 373 g/mol. The summed E-state index contributed by atoms with van der Waals surface area (Å²) in [5.74, 6) is -1.64. The second-order valence-electron chi connectivity index (χ2n) is 5.99. The van der Waals surface area contributed by atoms with Crippen molar-refractivity contribution in [2.24, 2.45) is 7.05 Å². The number of anilines is 1. The maximum absolute atomic E-state index is 12.1. The molecule has 0 aliphatic rings. The van der Waals surface area contributed by atoms with E-state index < -0.39 is 11.8 Å². The number of benzene rings is 1. The summed E-state index contributed by atoms with van der Waals surface area (Å²) in [4.78, 5) is 26.2. The summed E-state index contributed by atoms with van der Waals surface area (Å²) >= 11 is 5.88. The first kappa shape index (κ1) is 19.5. The molecular weight excluding hydrogens is 354 g/mol. The molecule has 0 spiro atoms. The van der Waals surface area contributed by atoms with Crippen LogP contribution in [0.25, 0.3) is 0 Å². The van der Waals surface area contributed by atoms with Crippen LogP contribution in [-0.4, -0.2) is 41.9 Å². The largest absolute Gasteiger partial charge is 0.353 e. The molecule has 2 aromatic rings. The fourth-order valence-electron chi connectivity index (χ4n) is 2.54. The molecule has 0 fully saturated rings. The van der Waals surface area contributed by atoms with Gasteiger partial charge in [0.2, 0.25) is 0 Å². The van der Waals surface area contributed by atoms with Crippen molar-refractivity contribution >= 4 is 29.1 Å². The van der Waals surface area contributed by atoms with Gasteiger partial charge in [0.15, 0.2) is 0 Å². The number of hydrogen-bond acceptors (Lipinski definition) is 4. The van der Waals surface area contributed by atoms with Gasteiger partial charge in [-0.25, -0.2) is 0 Å². The van der Waals surface area contributed by atoms with E-state index in [1.54, 1.807) is 0 Å². The predicted octanol–water partition coefficient (Wildman–Crippen LogP) is 1.91. The molecule has 0 saturated heterocycles. The van der Waals surface area contributed by atoms with Crippen LogP contribution >= 0.6 is 11.6 Å². The van der Waals surface area contributed by atoms with E-state index in [9.17, 15) is 9.59 Å². The maximum atomic E-state index is 12.1. The molecular formula is C18H20ClN5O2. The first-order valence-electron chi connectivity index (χ1n) is 7.90. The molecule has 136 valence electrons.